The zero-order chi connectivity index (χ0) is 17.8. The van der Waals surface area contributed by atoms with Crippen LogP contribution in [0.3, 0.4) is 0 Å². The molecule has 0 unspecified atom stereocenters. The van der Waals surface area contributed by atoms with Gasteiger partial charge in [0.05, 0.1) is 5.69 Å². The molecule has 3 rings (SSSR count). The van der Waals surface area contributed by atoms with Crippen molar-refractivity contribution in [1.29, 1.82) is 0 Å². The van der Waals surface area contributed by atoms with Crippen LogP contribution >= 0.6 is 11.6 Å². The van der Waals surface area contributed by atoms with Gasteiger partial charge in [-0.3, -0.25) is 9.89 Å². The number of benzene rings is 2. The van der Waals surface area contributed by atoms with Gasteiger partial charge in [-0.25, -0.2) is 4.79 Å². The number of nitrogens with one attached hydrogen (secondary N) is 1. The second-order valence-electron chi connectivity index (χ2n) is 5.54. The molecule has 5 nitrogen and oxygen atoms in total. The van der Waals surface area contributed by atoms with Crippen molar-refractivity contribution < 1.29 is 14.3 Å². The summed E-state index contributed by atoms with van der Waals surface area (Å²) < 4.78 is 5.05. The number of nitrogens with zero attached hydrogens (tertiary/aromatic N) is 1. The van der Waals surface area contributed by atoms with Gasteiger partial charge in [0.25, 0.3) is 0 Å². The first-order chi connectivity index (χ1) is 12.0. The molecule has 0 atom stereocenters. The Labute approximate surface area is 149 Å². The number of aromatic nitrogens is 2. The summed E-state index contributed by atoms with van der Waals surface area (Å²) >= 11 is 5.78. The van der Waals surface area contributed by atoms with Crippen LogP contribution in [0.2, 0.25) is 5.02 Å². The molecule has 1 heterocycles. The zero-order valence-electron chi connectivity index (χ0n) is 13.5. The molecule has 6 heteroatoms. The standard InChI is InChI=1S/C19H15ClN2O3/c1-12-2-4-13(5-3-12)16-10-17(22-21-16)19(24)25-11-18(23)14-6-8-15(20)9-7-14/h2-10H,11H2,1H3,(H,21,22). The number of hydrogen-bond acceptors (Lipinski definition) is 4. The first-order valence-corrected chi connectivity index (χ1v) is 7.99. The first kappa shape index (κ1) is 16.9. The number of halogens is 1. The van der Waals surface area contributed by atoms with Gasteiger partial charge >= 0.3 is 5.97 Å². The first-order valence-electron chi connectivity index (χ1n) is 7.61. The smallest absolute Gasteiger partial charge is 0.356 e. The number of esters is 1. The van der Waals surface area contributed by atoms with Crippen molar-refractivity contribution in [2.75, 3.05) is 6.61 Å². The summed E-state index contributed by atoms with van der Waals surface area (Å²) in [6.45, 7) is 1.65. The van der Waals surface area contributed by atoms with E-state index in [0.717, 1.165) is 11.1 Å². The van der Waals surface area contributed by atoms with Crippen LogP contribution in [0.5, 0.6) is 0 Å². The average Bonchev–Trinajstić information content (AvgIpc) is 3.11. The minimum absolute atomic E-state index is 0.194. The second kappa shape index (κ2) is 7.32. The lowest BCUT2D eigenvalue weighted by Gasteiger charge is -2.03. The van der Waals surface area contributed by atoms with Gasteiger partial charge < -0.3 is 4.74 Å². The lowest BCUT2D eigenvalue weighted by atomic mass is 10.1. The van der Waals surface area contributed by atoms with Gasteiger partial charge in [0.1, 0.15) is 5.69 Å². The maximum Gasteiger partial charge on any atom is 0.356 e. The summed E-state index contributed by atoms with van der Waals surface area (Å²) in [7, 11) is 0. The highest BCUT2D eigenvalue weighted by Gasteiger charge is 2.15. The second-order valence-corrected chi connectivity index (χ2v) is 5.98. The van der Waals surface area contributed by atoms with Crippen LogP contribution in [-0.4, -0.2) is 28.6 Å². The Bertz CT molecular complexity index is 899. The highest BCUT2D eigenvalue weighted by Crippen LogP contribution is 2.18. The number of ether oxygens (including phenoxy) is 1. The molecule has 0 radical (unpaired) electrons. The van der Waals surface area contributed by atoms with Crippen molar-refractivity contribution in [3.63, 3.8) is 0 Å². The summed E-state index contributed by atoms with van der Waals surface area (Å²) in [5.41, 5.74) is 3.29. The van der Waals surface area contributed by atoms with Gasteiger partial charge in [-0.2, -0.15) is 5.10 Å². The van der Waals surface area contributed by atoms with Crippen LogP contribution in [0, 0.1) is 6.92 Å². The molecule has 1 aromatic heterocycles. The Balaban J connectivity index is 1.63. The molecule has 0 amide bonds. The summed E-state index contributed by atoms with van der Waals surface area (Å²) in [5, 5.41) is 7.28. The molecule has 2 aromatic carbocycles. The molecule has 1 N–H and O–H groups in total. The molecular weight excluding hydrogens is 340 g/mol. The van der Waals surface area contributed by atoms with E-state index in [9.17, 15) is 9.59 Å². The van der Waals surface area contributed by atoms with Gasteiger partial charge in [0.15, 0.2) is 12.4 Å². The fourth-order valence-corrected chi connectivity index (χ4v) is 2.35. The fourth-order valence-electron chi connectivity index (χ4n) is 2.23. The normalized spacial score (nSPS) is 10.5. The maximum atomic E-state index is 12.1. The number of hydrogen-bond donors (Lipinski definition) is 1. The summed E-state index contributed by atoms with van der Waals surface area (Å²) in [6, 6.07) is 15.8. The number of carbonyl (C=O) groups is 2. The van der Waals surface area contributed by atoms with E-state index in [1.807, 2.05) is 31.2 Å². The Morgan fingerprint density at radius 3 is 2.44 bits per heavy atom. The summed E-state index contributed by atoms with van der Waals surface area (Å²) in [4.78, 5) is 24.1. The van der Waals surface area contributed by atoms with E-state index in [0.29, 0.717) is 16.3 Å². The van der Waals surface area contributed by atoms with Gasteiger partial charge in [0, 0.05) is 16.1 Å². The third-order valence-corrected chi connectivity index (χ3v) is 3.90. The van der Waals surface area contributed by atoms with E-state index in [4.69, 9.17) is 16.3 Å². The van der Waals surface area contributed by atoms with Crippen LogP contribution in [0.15, 0.2) is 54.6 Å². The molecular formula is C19H15ClN2O3. The highest BCUT2D eigenvalue weighted by atomic mass is 35.5. The van der Waals surface area contributed by atoms with Gasteiger partial charge in [-0.15, -0.1) is 0 Å². The number of Topliss-reactive ketones (excluding diaryl/α,β-unsaturated/α-hetero) is 1. The lowest BCUT2D eigenvalue weighted by molar-refractivity contribution is 0.0469. The van der Waals surface area contributed by atoms with Gasteiger partial charge in [-0.1, -0.05) is 41.4 Å². The Morgan fingerprint density at radius 2 is 1.76 bits per heavy atom. The van der Waals surface area contributed by atoms with Crippen LogP contribution in [0.25, 0.3) is 11.3 Å². The molecule has 0 saturated carbocycles. The van der Waals surface area contributed by atoms with Crippen molar-refractivity contribution in [2.45, 2.75) is 6.92 Å². The van der Waals surface area contributed by atoms with Gasteiger partial charge in [0.2, 0.25) is 0 Å². The largest absolute Gasteiger partial charge is 0.453 e. The molecule has 126 valence electrons. The Morgan fingerprint density at radius 1 is 1.08 bits per heavy atom. The third kappa shape index (κ3) is 4.14. The Kier molecular flexibility index (Phi) is 4.95. The minimum Gasteiger partial charge on any atom is -0.453 e. The van der Waals surface area contributed by atoms with E-state index in [1.165, 1.54) is 0 Å². The topological polar surface area (TPSA) is 72.1 Å². The predicted octanol–water partition coefficient (Wildman–Crippen LogP) is 4.08. The fraction of sp³-hybridized carbons (Fsp3) is 0.105. The highest BCUT2D eigenvalue weighted by molar-refractivity contribution is 6.30. The molecule has 0 aliphatic heterocycles. The molecule has 0 bridgehead atoms. The molecule has 0 aliphatic carbocycles. The maximum absolute atomic E-state index is 12.1. The average molecular weight is 355 g/mol. The predicted molar refractivity (Wildman–Crippen MR) is 94.8 cm³/mol. The Hall–Kier alpha value is -2.92. The SMILES string of the molecule is Cc1ccc(-c2cc(C(=O)OCC(=O)c3ccc(Cl)cc3)[nH]n2)cc1. The minimum atomic E-state index is -0.631. The molecule has 0 fully saturated rings. The number of carbonyl (C=O) groups excluding carboxylic acids is 2. The molecule has 3 aromatic rings. The quantitative estimate of drug-likeness (QED) is 0.553. The van der Waals surface area contributed by atoms with Crippen molar-refractivity contribution in [1.82, 2.24) is 10.2 Å². The zero-order valence-corrected chi connectivity index (χ0v) is 14.2. The number of ketones is 1. The number of rotatable bonds is 5. The molecule has 0 saturated heterocycles. The number of aromatic amines is 1. The monoisotopic (exact) mass is 354 g/mol. The van der Waals surface area contributed by atoms with Crippen molar-refractivity contribution >= 4 is 23.4 Å². The molecule has 0 spiro atoms. The molecule has 0 aliphatic rings. The van der Waals surface area contributed by atoms with E-state index in [2.05, 4.69) is 10.2 Å². The van der Waals surface area contributed by atoms with E-state index < -0.39 is 5.97 Å². The summed E-state index contributed by atoms with van der Waals surface area (Å²) in [5.74, 6) is -0.934. The van der Waals surface area contributed by atoms with Crippen LogP contribution < -0.4 is 0 Å². The van der Waals surface area contributed by atoms with E-state index in [1.54, 1.807) is 30.3 Å². The third-order valence-electron chi connectivity index (χ3n) is 3.65. The van der Waals surface area contributed by atoms with Crippen molar-refractivity contribution in [3.8, 4) is 11.3 Å². The van der Waals surface area contributed by atoms with Crippen LogP contribution in [0.1, 0.15) is 26.4 Å². The lowest BCUT2D eigenvalue weighted by Crippen LogP contribution is -2.14. The summed E-state index contributed by atoms with van der Waals surface area (Å²) in [6.07, 6.45) is 0. The van der Waals surface area contributed by atoms with E-state index >= 15 is 0 Å². The van der Waals surface area contributed by atoms with Crippen LogP contribution in [0.4, 0.5) is 0 Å². The number of H-pyrrole nitrogens is 1. The number of aryl methyl sites for hydroxylation is 1. The van der Waals surface area contributed by atoms with Crippen LogP contribution in [-0.2, 0) is 4.74 Å². The van der Waals surface area contributed by atoms with Crippen molar-refractivity contribution in [3.05, 3.63) is 76.4 Å². The van der Waals surface area contributed by atoms with Crippen molar-refractivity contribution in [2.24, 2.45) is 0 Å². The van der Waals surface area contributed by atoms with Gasteiger partial charge in [-0.05, 0) is 37.3 Å². The molecule has 25 heavy (non-hydrogen) atoms. The van der Waals surface area contributed by atoms with E-state index in [-0.39, 0.29) is 18.1 Å².